The minimum Gasteiger partial charge on any atom is -0.463 e. The van der Waals surface area contributed by atoms with Gasteiger partial charge in [-0.15, -0.1) is 0 Å². The van der Waals surface area contributed by atoms with Gasteiger partial charge in [-0.25, -0.2) is 23.3 Å². The van der Waals surface area contributed by atoms with Gasteiger partial charge in [-0.2, -0.15) is 4.98 Å². The molecule has 12 nitrogen and oxygen atoms in total. The Balaban J connectivity index is 1.71. The number of carbonyl (C=O) groups is 1. The fourth-order valence-electron chi connectivity index (χ4n) is 3.98. The lowest BCUT2D eigenvalue weighted by molar-refractivity contribution is -0.151. The van der Waals surface area contributed by atoms with E-state index in [4.69, 9.17) is 27.0 Å². The molecule has 1 saturated heterocycles. The zero-order valence-corrected chi connectivity index (χ0v) is 23.2. The molecule has 3 heterocycles. The Bertz CT molecular complexity index is 1570. The van der Waals surface area contributed by atoms with E-state index >= 15 is 4.39 Å². The van der Waals surface area contributed by atoms with E-state index in [0.29, 0.717) is 0 Å². The lowest BCUT2D eigenvalue weighted by atomic mass is 9.96. The number of benzene rings is 1. The van der Waals surface area contributed by atoms with Crippen LogP contribution in [0.15, 0.2) is 42.9 Å². The molecule has 1 unspecified atom stereocenters. The van der Waals surface area contributed by atoms with Gasteiger partial charge in [0.2, 0.25) is 11.6 Å². The number of nitrogens with zero attached hydrogens (tertiary/aromatic N) is 4. The summed E-state index contributed by atoms with van der Waals surface area (Å²) in [7, 11) is -4.63. The van der Waals surface area contributed by atoms with Crippen molar-refractivity contribution in [3.05, 3.63) is 42.9 Å². The SMILES string of the molecule is [2H]C([2H])(O[P@@](=O)(C[C@@H](C)C(=O)OC(C)C)Oc1ccccc1)[C@H]1O[C@@H](n2cnc3cnc(N)nc32)C(F)(C#CCF)[C@H]1O. The number of anilines is 1. The van der Waals surface area contributed by atoms with Crippen LogP contribution in [0, 0.1) is 17.8 Å². The third-order valence-electron chi connectivity index (χ3n) is 5.83. The van der Waals surface area contributed by atoms with E-state index in [0.717, 1.165) is 10.9 Å². The minimum atomic E-state index is -4.63. The van der Waals surface area contributed by atoms with Gasteiger partial charge in [0.1, 0.15) is 30.1 Å². The zero-order chi connectivity index (χ0) is 31.6. The summed E-state index contributed by atoms with van der Waals surface area (Å²) in [5.41, 5.74) is 2.62. The molecule has 2 aromatic heterocycles. The van der Waals surface area contributed by atoms with Gasteiger partial charge >= 0.3 is 13.6 Å². The predicted molar refractivity (Wildman–Crippen MR) is 143 cm³/mol. The van der Waals surface area contributed by atoms with Crippen molar-refractivity contribution < 1.29 is 44.5 Å². The maximum absolute atomic E-state index is 16.5. The highest BCUT2D eigenvalue weighted by molar-refractivity contribution is 7.54. The molecule has 1 aliphatic rings. The molecule has 0 radical (unpaired) electrons. The molecule has 0 bridgehead atoms. The number of esters is 1. The minimum absolute atomic E-state index is 0.0210. The third kappa shape index (κ3) is 6.82. The smallest absolute Gasteiger partial charge is 0.380 e. The molecule has 1 fully saturated rings. The maximum Gasteiger partial charge on any atom is 0.380 e. The Labute approximate surface area is 237 Å². The van der Waals surface area contributed by atoms with Gasteiger partial charge in [0.25, 0.3) is 0 Å². The first kappa shape index (κ1) is 27.5. The lowest BCUT2D eigenvalue weighted by Gasteiger charge is -2.25. The summed E-state index contributed by atoms with van der Waals surface area (Å²) in [5, 5.41) is 11.1. The van der Waals surface area contributed by atoms with Crippen LogP contribution in [0.25, 0.3) is 11.2 Å². The summed E-state index contributed by atoms with van der Waals surface area (Å²) >= 11 is 0. The predicted octanol–water partition coefficient (Wildman–Crippen LogP) is 3.22. The number of aliphatic hydroxyl groups is 1. The average molecular weight is 596 g/mol. The van der Waals surface area contributed by atoms with Crippen LogP contribution in [-0.2, 0) is 23.4 Å². The average Bonchev–Trinajstić information content (AvgIpc) is 3.45. The summed E-state index contributed by atoms with van der Waals surface area (Å²) < 4.78 is 83.7. The number of carbonyl (C=O) groups excluding carboxylic acids is 1. The van der Waals surface area contributed by atoms with E-state index in [2.05, 4.69) is 15.0 Å². The molecule has 15 heteroatoms. The summed E-state index contributed by atoms with van der Waals surface area (Å²) in [5.74, 6) is 1.86. The topological polar surface area (TPSA) is 161 Å². The highest BCUT2D eigenvalue weighted by Crippen LogP contribution is 2.51. The van der Waals surface area contributed by atoms with Gasteiger partial charge in [0, 0.05) is 0 Å². The Hall–Kier alpha value is -3.63. The fraction of sp³-hybridized carbons (Fsp3) is 0.462. The van der Waals surface area contributed by atoms with E-state index in [1.54, 1.807) is 32.0 Å². The molecule has 0 amide bonds. The number of nitrogen functional groups attached to an aromatic ring is 1. The summed E-state index contributed by atoms with van der Waals surface area (Å²) in [4.78, 5) is 24.3. The quantitative estimate of drug-likeness (QED) is 0.201. The van der Waals surface area contributed by atoms with Crippen LogP contribution in [-0.4, -0.2) is 74.0 Å². The summed E-state index contributed by atoms with van der Waals surface area (Å²) in [6, 6.07) is 7.63. The maximum atomic E-state index is 16.5. The van der Waals surface area contributed by atoms with Gasteiger partial charge < -0.3 is 24.8 Å². The molecule has 1 aliphatic heterocycles. The van der Waals surface area contributed by atoms with Crippen molar-refractivity contribution in [2.45, 2.75) is 51.0 Å². The molecule has 41 heavy (non-hydrogen) atoms. The number of halogens is 2. The number of rotatable bonds is 10. The van der Waals surface area contributed by atoms with Crippen LogP contribution in [0.1, 0.15) is 29.7 Å². The highest BCUT2D eigenvalue weighted by Gasteiger charge is 2.58. The Morgan fingerprint density at radius 2 is 2.07 bits per heavy atom. The number of hydrogen-bond acceptors (Lipinski definition) is 11. The van der Waals surface area contributed by atoms with Gasteiger partial charge in [-0.3, -0.25) is 13.9 Å². The first-order valence-corrected chi connectivity index (χ1v) is 14.2. The molecular formula is C26H30F2N5O7P. The zero-order valence-electron chi connectivity index (χ0n) is 24.3. The van der Waals surface area contributed by atoms with E-state index in [-0.39, 0.29) is 22.9 Å². The molecule has 3 aromatic rings. The molecule has 4 rings (SSSR count). The van der Waals surface area contributed by atoms with Crippen LogP contribution in [0.2, 0.25) is 0 Å². The van der Waals surface area contributed by atoms with Crippen LogP contribution in [0.4, 0.5) is 14.7 Å². The lowest BCUT2D eigenvalue weighted by Crippen LogP contribution is -2.42. The molecule has 220 valence electrons. The van der Waals surface area contributed by atoms with E-state index in [9.17, 15) is 18.9 Å². The van der Waals surface area contributed by atoms with Gasteiger partial charge in [0.15, 0.2) is 11.9 Å². The van der Waals surface area contributed by atoms with Crippen LogP contribution < -0.4 is 10.3 Å². The third-order valence-corrected chi connectivity index (χ3v) is 7.70. The molecule has 1 aromatic carbocycles. The number of para-hydroxylation sites is 1. The molecule has 6 atom stereocenters. The fourth-order valence-corrected chi connectivity index (χ4v) is 5.69. The van der Waals surface area contributed by atoms with Gasteiger partial charge in [-0.1, -0.05) is 37.0 Å². The van der Waals surface area contributed by atoms with Gasteiger partial charge in [-0.05, 0) is 26.0 Å². The number of imidazole rings is 1. The second kappa shape index (κ2) is 12.5. The number of hydrogen-bond donors (Lipinski definition) is 2. The highest BCUT2D eigenvalue weighted by atomic mass is 31.2. The van der Waals surface area contributed by atoms with Crippen molar-refractivity contribution in [2.75, 3.05) is 25.1 Å². The van der Waals surface area contributed by atoms with E-state index in [1.165, 1.54) is 25.3 Å². The van der Waals surface area contributed by atoms with Crippen molar-refractivity contribution in [3.8, 4) is 17.6 Å². The normalized spacial score (nSPS) is 25.5. The summed E-state index contributed by atoms with van der Waals surface area (Å²) in [6.45, 7) is 0.100. The Kier molecular flexibility index (Phi) is 8.38. The van der Waals surface area contributed by atoms with E-state index < -0.39 is 69.1 Å². The van der Waals surface area contributed by atoms with Crippen molar-refractivity contribution in [1.82, 2.24) is 19.5 Å². The molecular weight excluding hydrogens is 563 g/mol. The first-order valence-electron chi connectivity index (χ1n) is 13.5. The number of fused-ring (bicyclic) bond motifs is 1. The second-order valence-corrected chi connectivity index (χ2v) is 11.4. The van der Waals surface area contributed by atoms with Crippen molar-refractivity contribution >= 4 is 30.7 Å². The molecule has 0 saturated carbocycles. The number of ether oxygens (including phenoxy) is 2. The first-order chi connectivity index (χ1) is 20.2. The van der Waals surface area contributed by atoms with Crippen LogP contribution in [0.3, 0.4) is 0 Å². The number of aliphatic hydroxyl groups excluding tert-OH is 1. The largest absolute Gasteiger partial charge is 0.463 e. The molecule has 3 N–H and O–H groups in total. The van der Waals surface area contributed by atoms with Crippen LogP contribution >= 0.6 is 7.60 Å². The van der Waals surface area contributed by atoms with Crippen molar-refractivity contribution in [1.29, 1.82) is 0 Å². The van der Waals surface area contributed by atoms with Crippen LogP contribution in [0.5, 0.6) is 5.75 Å². The second-order valence-electron chi connectivity index (χ2n) is 9.44. The Morgan fingerprint density at radius 1 is 1.34 bits per heavy atom. The molecule has 0 spiro atoms. The molecule has 0 aliphatic carbocycles. The van der Waals surface area contributed by atoms with Crippen molar-refractivity contribution in [2.24, 2.45) is 5.92 Å². The van der Waals surface area contributed by atoms with Crippen molar-refractivity contribution in [3.63, 3.8) is 0 Å². The standard InChI is InChI=1S/C26H30F2N5O7P/c1-16(2)38-23(35)17(3)14-41(36,40-18-8-5-4-6-9-18)37-13-20-21(34)26(28,10-7-11-27)24(39-20)33-15-31-19-12-30-25(29)32-22(19)33/h4-6,8-9,12,15-17,20-21,24,34H,11,13-14H2,1-3H3,(H2,29,30,32)/t17-,20-,21+,24-,26?,41+/m1/s1/i13D2. The number of alkyl halides is 2. The van der Waals surface area contributed by atoms with Gasteiger partial charge in [0.05, 0.1) is 40.0 Å². The Morgan fingerprint density at radius 3 is 2.76 bits per heavy atom. The number of aromatic nitrogens is 4. The summed E-state index contributed by atoms with van der Waals surface area (Å²) in [6.07, 6.45) is -5.39. The monoisotopic (exact) mass is 595 g/mol. The van der Waals surface area contributed by atoms with E-state index in [1.807, 2.05) is 11.8 Å². The number of nitrogens with two attached hydrogens (primary N) is 1.